The Labute approximate surface area is 167 Å². The van der Waals surface area contributed by atoms with Crippen LogP contribution in [0.15, 0.2) is 47.1 Å². The predicted octanol–water partition coefficient (Wildman–Crippen LogP) is 3.43. The molecule has 4 aromatic rings. The van der Waals surface area contributed by atoms with Crippen LogP contribution in [0.1, 0.15) is 34.7 Å². The summed E-state index contributed by atoms with van der Waals surface area (Å²) in [5, 5.41) is 12.1. The number of carbonyl (C=O) groups is 1. The number of fused-ring (bicyclic) bond motifs is 1. The van der Waals surface area contributed by atoms with Gasteiger partial charge in [-0.15, -0.1) is 0 Å². The minimum Gasteiger partial charge on any atom is -0.497 e. The largest absolute Gasteiger partial charge is 0.497 e. The van der Waals surface area contributed by atoms with Crippen molar-refractivity contribution in [3.05, 3.63) is 59.5 Å². The van der Waals surface area contributed by atoms with Gasteiger partial charge >= 0.3 is 0 Å². The van der Waals surface area contributed by atoms with Gasteiger partial charge in [-0.1, -0.05) is 17.3 Å². The van der Waals surface area contributed by atoms with E-state index in [0.29, 0.717) is 33.8 Å². The van der Waals surface area contributed by atoms with E-state index in [9.17, 15) is 4.79 Å². The van der Waals surface area contributed by atoms with Gasteiger partial charge in [0.2, 0.25) is 0 Å². The molecular formula is C21H21N5O3. The number of aryl methyl sites for hydroxylation is 2. The van der Waals surface area contributed by atoms with Crippen molar-refractivity contribution in [2.75, 3.05) is 7.11 Å². The minimum absolute atomic E-state index is 0.244. The molecule has 1 N–H and O–H groups in total. The van der Waals surface area contributed by atoms with Crippen LogP contribution in [0.25, 0.3) is 22.4 Å². The average molecular weight is 391 g/mol. The predicted molar refractivity (Wildman–Crippen MR) is 108 cm³/mol. The van der Waals surface area contributed by atoms with Crippen LogP contribution in [0.2, 0.25) is 0 Å². The highest BCUT2D eigenvalue weighted by Crippen LogP contribution is 2.32. The van der Waals surface area contributed by atoms with Crippen LogP contribution in [0.3, 0.4) is 0 Å². The number of pyridine rings is 1. The fourth-order valence-corrected chi connectivity index (χ4v) is 3.23. The van der Waals surface area contributed by atoms with Crippen molar-refractivity contribution >= 4 is 17.0 Å². The molecule has 0 radical (unpaired) electrons. The molecule has 3 aromatic heterocycles. The van der Waals surface area contributed by atoms with Gasteiger partial charge in [-0.2, -0.15) is 5.10 Å². The Morgan fingerprint density at radius 2 is 2.10 bits per heavy atom. The van der Waals surface area contributed by atoms with Crippen molar-refractivity contribution in [2.45, 2.75) is 19.9 Å². The topological polar surface area (TPSA) is 95.1 Å². The van der Waals surface area contributed by atoms with Gasteiger partial charge in [-0.05, 0) is 38.1 Å². The van der Waals surface area contributed by atoms with E-state index in [1.807, 2.05) is 57.4 Å². The lowest BCUT2D eigenvalue weighted by molar-refractivity contribution is 0.0940. The van der Waals surface area contributed by atoms with Gasteiger partial charge in [-0.25, -0.2) is 4.98 Å². The number of hydrogen-bond acceptors (Lipinski definition) is 6. The molecule has 1 amide bonds. The number of hydrogen-bond donors (Lipinski definition) is 1. The second kappa shape index (κ2) is 7.38. The number of nitrogens with one attached hydrogen (secondary N) is 1. The van der Waals surface area contributed by atoms with Crippen molar-refractivity contribution in [1.29, 1.82) is 0 Å². The average Bonchev–Trinajstić information content (AvgIpc) is 3.33. The SMILES string of the molecule is COc1cccc(-c2noc3nc(C)cc(C(=O)NC(C)c4ccn(C)n4)c23)c1. The third-order valence-corrected chi connectivity index (χ3v) is 4.69. The lowest BCUT2D eigenvalue weighted by Gasteiger charge is -2.13. The number of carbonyl (C=O) groups excluding carboxylic acids is 1. The summed E-state index contributed by atoms with van der Waals surface area (Å²) in [7, 11) is 3.44. The van der Waals surface area contributed by atoms with Crippen LogP contribution in [-0.2, 0) is 7.05 Å². The van der Waals surface area contributed by atoms with Crippen LogP contribution in [0.4, 0.5) is 0 Å². The Morgan fingerprint density at radius 3 is 2.83 bits per heavy atom. The van der Waals surface area contributed by atoms with E-state index in [1.54, 1.807) is 17.9 Å². The van der Waals surface area contributed by atoms with E-state index in [4.69, 9.17) is 9.26 Å². The highest BCUT2D eigenvalue weighted by Gasteiger charge is 2.22. The van der Waals surface area contributed by atoms with Crippen molar-refractivity contribution in [1.82, 2.24) is 25.2 Å². The van der Waals surface area contributed by atoms with Crippen LogP contribution < -0.4 is 10.1 Å². The van der Waals surface area contributed by atoms with E-state index in [1.165, 1.54) is 0 Å². The minimum atomic E-state index is -0.257. The van der Waals surface area contributed by atoms with E-state index < -0.39 is 0 Å². The molecule has 4 rings (SSSR count). The standard InChI is InChI=1S/C21H21N5O3/c1-12-10-16(20(27)23-13(2)17-8-9-26(3)24-17)18-19(25-29-21(18)22-12)14-6-5-7-15(11-14)28-4/h5-11,13H,1-4H3,(H,23,27). The summed E-state index contributed by atoms with van der Waals surface area (Å²) in [5.74, 6) is 0.444. The summed E-state index contributed by atoms with van der Waals surface area (Å²) in [6, 6.07) is 10.8. The third kappa shape index (κ3) is 3.56. The lowest BCUT2D eigenvalue weighted by atomic mass is 10.0. The molecule has 8 heteroatoms. The number of aromatic nitrogens is 4. The molecule has 148 valence electrons. The van der Waals surface area contributed by atoms with E-state index in [0.717, 1.165) is 11.3 Å². The summed E-state index contributed by atoms with van der Waals surface area (Å²) in [6.07, 6.45) is 1.84. The molecule has 0 aliphatic carbocycles. The molecular weight excluding hydrogens is 370 g/mol. The highest BCUT2D eigenvalue weighted by atomic mass is 16.5. The van der Waals surface area contributed by atoms with Crippen LogP contribution in [0, 0.1) is 6.92 Å². The Kier molecular flexibility index (Phi) is 4.75. The molecule has 29 heavy (non-hydrogen) atoms. The van der Waals surface area contributed by atoms with E-state index in [-0.39, 0.29) is 11.9 Å². The lowest BCUT2D eigenvalue weighted by Crippen LogP contribution is -2.27. The summed E-state index contributed by atoms with van der Waals surface area (Å²) < 4.78 is 12.4. The summed E-state index contributed by atoms with van der Waals surface area (Å²) in [4.78, 5) is 17.5. The van der Waals surface area contributed by atoms with Gasteiger partial charge in [0.25, 0.3) is 11.6 Å². The first kappa shape index (κ1) is 18.7. The van der Waals surface area contributed by atoms with Gasteiger partial charge in [0.1, 0.15) is 11.4 Å². The van der Waals surface area contributed by atoms with E-state index in [2.05, 4.69) is 20.6 Å². The van der Waals surface area contributed by atoms with Crippen LogP contribution in [0.5, 0.6) is 5.75 Å². The molecule has 3 heterocycles. The Morgan fingerprint density at radius 1 is 1.28 bits per heavy atom. The van der Waals surface area contributed by atoms with Crippen molar-refractivity contribution < 1.29 is 14.1 Å². The molecule has 0 bridgehead atoms. The normalized spacial score (nSPS) is 12.1. The first-order valence-electron chi connectivity index (χ1n) is 9.18. The van der Waals surface area contributed by atoms with Crippen molar-refractivity contribution in [3.8, 4) is 17.0 Å². The molecule has 0 fully saturated rings. The smallest absolute Gasteiger partial charge is 0.259 e. The van der Waals surface area contributed by atoms with E-state index >= 15 is 0 Å². The highest BCUT2D eigenvalue weighted by molar-refractivity contribution is 6.09. The second-order valence-corrected chi connectivity index (χ2v) is 6.86. The number of benzene rings is 1. The Bertz CT molecular complexity index is 1190. The fourth-order valence-electron chi connectivity index (χ4n) is 3.23. The zero-order chi connectivity index (χ0) is 20.5. The number of ether oxygens (including phenoxy) is 1. The maximum atomic E-state index is 13.1. The molecule has 8 nitrogen and oxygen atoms in total. The van der Waals surface area contributed by atoms with Crippen LogP contribution >= 0.6 is 0 Å². The molecule has 0 saturated carbocycles. The number of nitrogens with zero attached hydrogens (tertiary/aromatic N) is 4. The molecule has 0 aliphatic rings. The van der Waals surface area contributed by atoms with Gasteiger partial charge in [0.15, 0.2) is 0 Å². The van der Waals surface area contributed by atoms with Gasteiger partial charge in [-0.3, -0.25) is 9.48 Å². The van der Waals surface area contributed by atoms with Crippen molar-refractivity contribution in [2.24, 2.45) is 7.05 Å². The molecule has 0 aliphatic heterocycles. The zero-order valence-electron chi connectivity index (χ0n) is 16.6. The third-order valence-electron chi connectivity index (χ3n) is 4.69. The fraction of sp³-hybridized carbons (Fsp3) is 0.238. The number of amides is 1. The molecule has 0 saturated heterocycles. The number of methoxy groups -OCH3 is 1. The summed E-state index contributed by atoms with van der Waals surface area (Å²) >= 11 is 0. The first-order valence-corrected chi connectivity index (χ1v) is 9.18. The number of rotatable bonds is 5. The monoisotopic (exact) mass is 391 g/mol. The Balaban J connectivity index is 1.77. The van der Waals surface area contributed by atoms with Crippen molar-refractivity contribution in [3.63, 3.8) is 0 Å². The molecule has 1 atom stereocenters. The first-order chi connectivity index (χ1) is 14.0. The quantitative estimate of drug-likeness (QED) is 0.560. The summed E-state index contributed by atoms with van der Waals surface area (Å²) in [5.41, 5.74) is 3.54. The maximum absolute atomic E-state index is 13.1. The molecule has 1 aromatic carbocycles. The summed E-state index contributed by atoms with van der Waals surface area (Å²) in [6.45, 7) is 3.70. The van der Waals surface area contributed by atoms with Gasteiger partial charge in [0.05, 0.1) is 29.8 Å². The van der Waals surface area contributed by atoms with Gasteiger partial charge < -0.3 is 14.6 Å². The second-order valence-electron chi connectivity index (χ2n) is 6.86. The Hall–Kier alpha value is -3.68. The molecule has 1 unspecified atom stereocenters. The van der Waals surface area contributed by atoms with Crippen LogP contribution in [-0.4, -0.2) is 32.9 Å². The molecule has 0 spiro atoms. The maximum Gasteiger partial charge on any atom is 0.259 e. The zero-order valence-corrected chi connectivity index (χ0v) is 16.6. The van der Waals surface area contributed by atoms with Gasteiger partial charge in [0, 0.05) is 24.5 Å².